The number of carbonyl (C=O) groups excluding carboxylic acids is 1. The largest absolute Gasteiger partial charge is 0.481 e. The molecular weight excluding hydrogens is 272 g/mol. The maximum Gasteiger partial charge on any atom is 0.260 e. The zero-order chi connectivity index (χ0) is 15.1. The first-order valence-electron chi connectivity index (χ1n) is 6.76. The Labute approximate surface area is 125 Å². The molecular formula is C15H22N2O2S. The van der Waals surface area contributed by atoms with Crippen LogP contribution in [-0.4, -0.2) is 23.0 Å². The Morgan fingerprint density at radius 1 is 1.35 bits per heavy atom. The van der Waals surface area contributed by atoms with E-state index in [2.05, 4.69) is 5.32 Å². The number of ether oxygens (including phenoxy) is 1. The number of thiocarbonyl (C=S) groups is 1. The average molecular weight is 294 g/mol. The van der Waals surface area contributed by atoms with Gasteiger partial charge in [-0.3, -0.25) is 4.79 Å². The summed E-state index contributed by atoms with van der Waals surface area (Å²) < 4.78 is 5.61. The van der Waals surface area contributed by atoms with Gasteiger partial charge in [-0.15, -0.1) is 0 Å². The number of hydrogen-bond donors (Lipinski definition) is 2. The van der Waals surface area contributed by atoms with E-state index < -0.39 is 6.10 Å². The Bertz CT molecular complexity index is 459. The first-order chi connectivity index (χ1) is 9.42. The molecule has 1 aromatic rings. The second kappa shape index (κ2) is 7.85. The van der Waals surface area contributed by atoms with Crippen LogP contribution in [0.4, 0.5) is 0 Å². The summed E-state index contributed by atoms with van der Waals surface area (Å²) in [5, 5.41) is 2.89. The zero-order valence-electron chi connectivity index (χ0n) is 12.2. The highest BCUT2D eigenvalue weighted by Crippen LogP contribution is 2.14. The van der Waals surface area contributed by atoms with Crippen molar-refractivity contribution < 1.29 is 9.53 Å². The monoisotopic (exact) mass is 294 g/mol. The van der Waals surface area contributed by atoms with Crippen LogP contribution in [0.5, 0.6) is 5.75 Å². The van der Waals surface area contributed by atoms with Crippen molar-refractivity contribution in [3.8, 4) is 5.75 Å². The van der Waals surface area contributed by atoms with E-state index in [4.69, 9.17) is 22.7 Å². The van der Waals surface area contributed by atoms with Crippen LogP contribution in [0.2, 0.25) is 0 Å². The van der Waals surface area contributed by atoms with Gasteiger partial charge in [0, 0.05) is 12.5 Å². The van der Waals surface area contributed by atoms with Crippen molar-refractivity contribution in [2.75, 3.05) is 0 Å². The van der Waals surface area contributed by atoms with E-state index in [0.29, 0.717) is 17.2 Å². The first-order valence-corrected chi connectivity index (χ1v) is 7.17. The number of nitrogens with two attached hydrogens (primary N) is 1. The summed E-state index contributed by atoms with van der Waals surface area (Å²) in [6, 6.07) is 7.59. The molecule has 20 heavy (non-hydrogen) atoms. The van der Waals surface area contributed by atoms with Crippen LogP contribution in [-0.2, 0) is 11.2 Å². The third kappa shape index (κ3) is 5.57. The quantitative estimate of drug-likeness (QED) is 0.757. The van der Waals surface area contributed by atoms with Crippen molar-refractivity contribution in [3.05, 3.63) is 29.8 Å². The highest BCUT2D eigenvalue weighted by atomic mass is 32.1. The van der Waals surface area contributed by atoms with Gasteiger partial charge >= 0.3 is 0 Å². The van der Waals surface area contributed by atoms with Gasteiger partial charge in [0.1, 0.15) is 5.75 Å². The molecule has 110 valence electrons. The molecule has 0 radical (unpaired) electrons. The van der Waals surface area contributed by atoms with E-state index in [0.717, 1.165) is 12.0 Å². The standard InChI is InChI=1S/C15H22N2O2S/c1-4-10(2)17-15(18)11(3)19-13-7-5-12(6-8-13)9-14(16)20/h5-8,10-11H,4,9H2,1-3H3,(H2,16,20)(H,17,18). The zero-order valence-corrected chi connectivity index (χ0v) is 13.0. The molecule has 0 bridgehead atoms. The normalized spacial score (nSPS) is 13.3. The third-order valence-corrected chi connectivity index (χ3v) is 3.13. The SMILES string of the molecule is CCC(C)NC(=O)C(C)Oc1ccc(CC(N)=S)cc1. The fraction of sp³-hybridized carbons (Fsp3) is 0.467. The first kappa shape index (κ1) is 16.4. The van der Waals surface area contributed by atoms with E-state index in [1.54, 1.807) is 6.92 Å². The van der Waals surface area contributed by atoms with Crippen LogP contribution < -0.4 is 15.8 Å². The number of nitrogens with one attached hydrogen (secondary N) is 1. The summed E-state index contributed by atoms with van der Waals surface area (Å²) in [4.78, 5) is 12.3. The molecule has 0 aliphatic carbocycles. The molecule has 0 aliphatic heterocycles. The summed E-state index contributed by atoms with van der Waals surface area (Å²) in [6.45, 7) is 5.73. The van der Waals surface area contributed by atoms with E-state index >= 15 is 0 Å². The third-order valence-electron chi connectivity index (χ3n) is 2.98. The number of hydrogen-bond acceptors (Lipinski definition) is 3. The van der Waals surface area contributed by atoms with Gasteiger partial charge in [0.05, 0.1) is 4.99 Å². The van der Waals surface area contributed by atoms with Crippen molar-refractivity contribution in [1.29, 1.82) is 0 Å². The van der Waals surface area contributed by atoms with Gasteiger partial charge in [0.2, 0.25) is 0 Å². The predicted octanol–water partition coefficient (Wildman–Crippen LogP) is 2.20. The molecule has 1 aromatic carbocycles. The lowest BCUT2D eigenvalue weighted by Crippen LogP contribution is -2.40. The molecule has 0 saturated heterocycles. The Morgan fingerprint density at radius 2 is 1.95 bits per heavy atom. The fourth-order valence-corrected chi connectivity index (χ4v) is 1.77. The summed E-state index contributed by atoms with van der Waals surface area (Å²) in [7, 11) is 0. The van der Waals surface area contributed by atoms with Gasteiger partial charge in [-0.2, -0.15) is 0 Å². The fourth-order valence-electron chi connectivity index (χ4n) is 1.61. The molecule has 0 saturated carbocycles. The minimum Gasteiger partial charge on any atom is -0.481 e. The van der Waals surface area contributed by atoms with Crippen molar-refractivity contribution in [3.63, 3.8) is 0 Å². The molecule has 0 fully saturated rings. The maximum absolute atomic E-state index is 11.9. The predicted molar refractivity (Wildman–Crippen MR) is 84.9 cm³/mol. The highest BCUT2D eigenvalue weighted by Gasteiger charge is 2.16. The maximum atomic E-state index is 11.9. The van der Waals surface area contributed by atoms with Crippen molar-refractivity contribution in [1.82, 2.24) is 5.32 Å². The van der Waals surface area contributed by atoms with Crippen LogP contribution in [0.3, 0.4) is 0 Å². The Kier molecular flexibility index (Phi) is 6.45. The number of benzene rings is 1. The molecule has 4 nitrogen and oxygen atoms in total. The summed E-state index contributed by atoms with van der Waals surface area (Å²) >= 11 is 4.86. The van der Waals surface area contributed by atoms with E-state index in [1.165, 1.54) is 0 Å². The van der Waals surface area contributed by atoms with Gasteiger partial charge in [0.25, 0.3) is 5.91 Å². The Balaban J connectivity index is 2.55. The lowest BCUT2D eigenvalue weighted by Gasteiger charge is -2.17. The number of rotatable bonds is 7. The minimum atomic E-state index is -0.523. The molecule has 1 rings (SSSR count). The van der Waals surface area contributed by atoms with Gasteiger partial charge in [-0.1, -0.05) is 31.3 Å². The molecule has 3 N–H and O–H groups in total. The molecule has 2 unspecified atom stereocenters. The van der Waals surface area contributed by atoms with Gasteiger partial charge in [-0.25, -0.2) is 0 Å². The number of amides is 1. The van der Waals surface area contributed by atoms with Gasteiger partial charge < -0.3 is 15.8 Å². The van der Waals surface area contributed by atoms with E-state index in [1.807, 2.05) is 38.1 Å². The van der Waals surface area contributed by atoms with E-state index in [9.17, 15) is 4.79 Å². The highest BCUT2D eigenvalue weighted by molar-refractivity contribution is 7.80. The molecule has 5 heteroatoms. The average Bonchev–Trinajstić information content (AvgIpc) is 2.40. The molecule has 0 spiro atoms. The molecule has 1 amide bonds. The number of carbonyl (C=O) groups is 1. The summed E-state index contributed by atoms with van der Waals surface area (Å²) in [5.74, 6) is 0.551. The van der Waals surface area contributed by atoms with Crippen LogP contribution in [0, 0.1) is 0 Å². The van der Waals surface area contributed by atoms with Gasteiger partial charge in [0.15, 0.2) is 6.10 Å². The van der Waals surface area contributed by atoms with E-state index in [-0.39, 0.29) is 11.9 Å². The van der Waals surface area contributed by atoms with Gasteiger partial charge in [-0.05, 0) is 38.0 Å². The lowest BCUT2D eigenvalue weighted by molar-refractivity contribution is -0.127. The topological polar surface area (TPSA) is 64.3 Å². The van der Waals surface area contributed by atoms with Crippen LogP contribution in [0.1, 0.15) is 32.8 Å². The Hall–Kier alpha value is -1.62. The van der Waals surface area contributed by atoms with Crippen molar-refractivity contribution in [2.24, 2.45) is 5.73 Å². The molecule has 0 aromatic heterocycles. The van der Waals surface area contributed by atoms with Crippen LogP contribution in [0.15, 0.2) is 24.3 Å². The van der Waals surface area contributed by atoms with Crippen molar-refractivity contribution in [2.45, 2.75) is 45.8 Å². The second-order valence-corrected chi connectivity index (χ2v) is 5.39. The molecule has 0 heterocycles. The second-order valence-electron chi connectivity index (χ2n) is 4.87. The smallest absolute Gasteiger partial charge is 0.260 e. The Morgan fingerprint density at radius 3 is 2.45 bits per heavy atom. The minimum absolute atomic E-state index is 0.105. The lowest BCUT2D eigenvalue weighted by atomic mass is 10.1. The van der Waals surface area contributed by atoms with Crippen LogP contribution >= 0.6 is 12.2 Å². The molecule has 0 aliphatic rings. The summed E-state index contributed by atoms with van der Waals surface area (Å²) in [5.41, 5.74) is 6.52. The van der Waals surface area contributed by atoms with Crippen molar-refractivity contribution >= 4 is 23.1 Å². The van der Waals surface area contributed by atoms with Crippen LogP contribution in [0.25, 0.3) is 0 Å². The summed E-state index contributed by atoms with van der Waals surface area (Å²) in [6.07, 6.45) is 0.941. The molecule has 2 atom stereocenters.